The normalized spacial score (nSPS) is 14.8. The lowest BCUT2D eigenvalue weighted by Gasteiger charge is -2.16. The summed E-state index contributed by atoms with van der Waals surface area (Å²) in [4.78, 5) is 0. The van der Waals surface area contributed by atoms with Gasteiger partial charge in [-0.2, -0.15) is 0 Å². The summed E-state index contributed by atoms with van der Waals surface area (Å²) in [5.74, 6) is 0.870. The number of halogens is 1. The number of hydrogen-bond acceptors (Lipinski definition) is 2. The number of rotatable bonds is 4. The molecule has 3 rings (SSSR count). The lowest BCUT2D eigenvalue weighted by molar-refractivity contribution is 0.340. The average Bonchev–Trinajstić information content (AvgIpc) is 2.94. The van der Waals surface area contributed by atoms with Gasteiger partial charge < -0.3 is 10.5 Å². The van der Waals surface area contributed by atoms with Crippen LogP contribution in [0.3, 0.4) is 0 Å². The van der Waals surface area contributed by atoms with Gasteiger partial charge in [0.2, 0.25) is 0 Å². The molecule has 2 aromatic rings. The number of benzene rings is 2. The van der Waals surface area contributed by atoms with Crippen LogP contribution < -0.4 is 10.5 Å². The maximum absolute atomic E-state index is 6.46. The van der Waals surface area contributed by atoms with Crippen LogP contribution in [0.4, 0.5) is 0 Å². The molecule has 21 heavy (non-hydrogen) atoms. The van der Waals surface area contributed by atoms with Crippen LogP contribution in [0, 0.1) is 0 Å². The van der Waals surface area contributed by atoms with Crippen LogP contribution in [0.5, 0.6) is 5.75 Å². The molecule has 0 saturated carbocycles. The van der Waals surface area contributed by atoms with Crippen molar-refractivity contribution in [2.24, 2.45) is 5.73 Å². The highest BCUT2D eigenvalue weighted by atomic mass is 79.9. The minimum Gasteiger partial charge on any atom is -0.494 e. The highest BCUT2D eigenvalue weighted by Crippen LogP contribution is 2.32. The Kier molecular flexibility index (Phi) is 4.32. The highest BCUT2D eigenvalue weighted by molar-refractivity contribution is 9.10. The smallest absolute Gasteiger partial charge is 0.120 e. The molecule has 1 atom stereocenters. The second kappa shape index (κ2) is 6.20. The standard InChI is InChI=1S/C18H20BrNO/c1-2-21-15-8-9-16(17(19)11-15)18(20)14-7-6-12-4-3-5-13(12)10-14/h6-11,18H,2-5,20H2,1H3. The number of nitrogens with two attached hydrogens (primary N) is 1. The zero-order valence-corrected chi connectivity index (χ0v) is 13.8. The van der Waals surface area contributed by atoms with Crippen molar-refractivity contribution in [3.05, 3.63) is 63.1 Å². The van der Waals surface area contributed by atoms with Crippen LogP contribution in [-0.4, -0.2) is 6.61 Å². The minimum absolute atomic E-state index is 0.110. The summed E-state index contributed by atoms with van der Waals surface area (Å²) in [7, 11) is 0. The molecule has 0 amide bonds. The maximum Gasteiger partial charge on any atom is 0.120 e. The van der Waals surface area contributed by atoms with Crippen molar-refractivity contribution < 1.29 is 4.74 Å². The van der Waals surface area contributed by atoms with E-state index in [1.807, 2.05) is 25.1 Å². The molecule has 0 saturated heterocycles. The average molecular weight is 346 g/mol. The molecule has 0 bridgehead atoms. The molecule has 1 aliphatic carbocycles. The van der Waals surface area contributed by atoms with Gasteiger partial charge in [-0.05, 0) is 60.6 Å². The van der Waals surface area contributed by atoms with Gasteiger partial charge in [0.1, 0.15) is 5.75 Å². The van der Waals surface area contributed by atoms with E-state index in [1.54, 1.807) is 0 Å². The first-order chi connectivity index (χ1) is 10.2. The SMILES string of the molecule is CCOc1ccc(C(N)c2ccc3c(c2)CCC3)c(Br)c1. The van der Waals surface area contributed by atoms with E-state index in [0.717, 1.165) is 15.8 Å². The van der Waals surface area contributed by atoms with E-state index >= 15 is 0 Å². The molecule has 0 fully saturated rings. The van der Waals surface area contributed by atoms with Crippen molar-refractivity contribution >= 4 is 15.9 Å². The first-order valence-corrected chi connectivity index (χ1v) is 8.28. The molecule has 110 valence electrons. The second-order valence-corrected chi connectivity index (χ2v) is 6.33. The molecular weight excluding hydrogens is 326 g/mol. The van der Waals surface area contributed by atoms with Crippen molar-refractivity contribution in [1.82, 2.24) is 0 Å². The molecule has 2 nitrogen and oxygen atoms in total. The Bertz CT molecular complexity index is 654. The van der Waals surface area contributed by atoms with Crippen LogP contribution >= 0.6 is 15.9 Å². The fourth-order valence-electron chi connectivity index (χ4n) is 2.98. The Labute approximate surface area is 134 Å². The third-order valence-electron chi connectivity index (χ3n) is 4.10. The van der Waals surface area contributed by atoms with E-state index in [2.05, 4.69) is 34.1 Å². The van der Waals surface area contributed by atoms with E-state index < -0.39 is 0 Å². The molecule has 0 radical (unpaired) electrons. The topological polar surface area (TPSA) is 35.2 Å². The summed E-state index contributed by atoms with van der Waals surface area (Å²) >= 11 is 3.62. The Morgan fingerprint density at radius 1 is 1.14 bits per heavy atom. The summed E-state index contributed by atoms with van der Waals surface area (Å²) in [5.41, 5.74) is 11.7. The first-order valence-electron chi connectivity index (χ1n) is 7.48. The third-order valence-corrected chi connectivity index (χ3v) is 4.79. The molecule has 2 N–H and O–H groups in total. The van der Waals surface area contributed by atoms with Crippen molar-refractivity contribution in [3.63, 3.8) is 0 Å². The van der Waals surface area contributed by atoms with E-state index in [0.29, 0.717) is 6.61 Å². The number of ether oxygens (including phenoxy) is 1. The number of hydrogen-bond donors (Lipinski definition) is 1. The van der Waals surface area contributed by atoms with Crippen molar-refractivity contribution in [1.29, 1.82) is 0 Å². The number of aryl methyl sites for hydroxylation is 2. The fraction of sp³-hybridized carbons (Fsp3) is 0.333. The predicted octanol–water partition coefficient (Wildman–Crippen LogP) is 4.38. The molecule has 1 unspecified atom stereocenters. The maximum atomic E-state index is 6.46. The fourth-order valence-corrected chi connectivity index (χ4v) is 3.59. The van der Waals surface area contributed by atoms with Crippen LogP contribution in [0.25, 0.3) is 0 Å². The van der Waals surface area contributed by atoms with Crippen LogP contribution in [-0.2, 0) is 12.8 Å². The van der Waals surface area contributed by atoms with E-state index in [4.69, 9.17) is 10.5 Å². The van der Waals surface area contributed by atoms with Gasteiger partial charge in [0, 0.05) is 4.47 Å². The Balaban J connectivity index is 1.89. The largest absolute Gasteiger partial charge is 0.494 e. The first kappa shape index (κ1) is 14.6. The van der Waals surface area contributed by atoms with Gasteiger partial charge in [-0.3, -0.25) is 0 Å². The molecule has 0 spiro atoms. The molecule has 0 aromatic heterocycles. The summed E-state index contributed by atoms with van der Waals surface area (Å²) in [6.45, 7) is 2.65. The molecule has 0 aliphatic heterocycles. The molecule has 1 aliphatic rings. The van der Waals surface area contributed by atoms with Gasteiger partial charge in [-0.15, -0.1) is 0 Å². The zero-order chi connectivity index (χ0) is 14.8. The third kappa shape index (κ3) is 2.99. The number of fused-ring (bicyclic) bond motifs is 1. The Morgan fingerprint density at radius 2 is 1.95 bits per heavy atom. The van der Waals surface area contributed by atoms with Gasteiger partial charge in [-0.25, -0.2) is 0 Å². The van der Waals surface area contributed by atoms with Crippen molar-refractivity contribution in [2.75, 3.05) is 6.61 Å². The monoisotopic (exact) mass is 345 g/mol. The summed E-state index contributed by atoms with van der Waals surface area (Å²) < 4.78 is 6.52. The highest BCUT2D eigenvalue weighted by Gasteiger charge is 2.16. The van der Waals surface area contributed by atoms with Crippen molar-refractivity contribution in [3.8, 4) is 5.75 Å². The Hall–Kier alpha value is -1.32. The Morgan fingerprint density at radius 3 is 2.71 bits per heavy atom. The van der Waals surface area contributed by atoms with Gasteiger partial charge in [0.25, 0.3) is 0 Å². The molecular formula is C18H20BrNO. The van der Waals surface area contributed by atoms with Gasteiger partial charge in [-0.1, -0.05) is 40.2 Å². The quantitative estimate of drug-likeness (QED) is 0.891. The van der Waals surface area contributed by atoms with Crippen LogP contribution in [0.1, 0.15) is 41.6 Å². The summed E-state index contributed by atoms with van der Waals surface area (Å²) in [6.07, 6.45) is 3.65. The lowest BCUT2D eigenvalue weighted by atomic mass is 9.96. The lowest BCUT2D eigenvalue weighted by Crippen LogP contribution is -2.13. The van der Waals surface area contributed by atoms with E-state index in [1.165, 1.54) is 36.0 Å². The molecule has 2 aromatic carbocycles. The predicted molar refractivity (Wildman–Crippen MR) is 89.8 cm³/mol. The van der Waals surface area contributed by atoms with Gasteiger partial charge in [0.05, 0.1) is 12.6 Å². The van der Waals surface area contributed by atoms with Gasteiger partial charge in [0.15, 0.2) is 0 Å². The van der Waals surface area contributed by atoms with Crippen LogP contribution in [0.2, 0.25) is 0 Å². The minimum atomic E-state index is -0.110. The molecule has 3 heteroatoms. The summed E-state index contributed by atoms with van der Waals surface area (Å²) in [6, 6.07) is 12.6. The van der Waals surface area contributed by atoms with E-state index in [9.17, 15) is 0 Å². The summed E-state index contributed by atoms with van der Waals surface area (Å²) in [5, 5.41) is 0. The molecule has 0 heterocycles. The van der Waals surface area contributed by atoms with E-state index in [-0.39, 0.29) is 6.04 Å². The van der Waals surface area contributed by atoms with Crippen LogP contribution in [0.15, 0.2) is 40.9 Å². The second-order valence-electron chi connectivity index (χ2n) is 5.48. The van der Waals surface area contributed by atoms with Crippen molar-refractivity contribution in [2.45, 2.75) is 32.2 Å². The van der Waals surface area contributed by atoms with Gasteiger partial charge >= 0.3 is 0 Å². The zero-order valence-electron chi connectivity index (χ0n) is 12.2.